The molecule has 1 rings (SSSR count). The molecule has 1 aliphatic heterocycles. The molecule has 2 heteroatoms. The number of hydrogen-bond donors (Lipinski definition) is 2. The lowest BCUT2D eigenvalue weighted by Crippen LogP contribution is -2.58. The molecule has 1 aliphatic rings. The molecule has 0 aromatic carbocycles. The van der Waals surface area contributed by atoms with E-state index in [2.05, 4.69) is 12.2 Å². The summed E-state index contributed by atoms with van der Waals surface area (Å²) in [5.41, 5.74) is -0.518. The number of β-amino-alcohol motifs (C(OH)–C–C–N with tert-alkyl or cyclic N) is 1. The van der Waals surface area contributed by atoms with Crippen LogP contribution in [-0.2, 0) is 0 Å². The summed E-state index contributed by atoms with van der Waals surface area (Å²) in [6.07, 6.45) is 4.88. The van der Waals surface area contributed by atoms with Gasteiger partial charge in [-0.15, -0.1) is 0 Å². The summed E-state index contributed by atoms with van der Waals surface area (Å²) >= 11 is 0. The van der Waals surface area contributed by atoms with Crippen LogP contribution in [0.4, 0.5) is 0 Å². The second kappa shape index (κ2) is 2.50. The number of nitrogens with one attached hydrogen (secondary N) is 1. The molecule has 0 aromatic rings. The Morgan fingerprint density at radius 2 is 2.33 bits per heavy atom. The molecule has 0 amide bonds. The molecule has 0 saturated carbocycles. The van der Waals surface area contributed by atoms with Crippen molar-refractivity contribution in [2.75, 3.05) is 13.1 Å². The first-order valence-corrected chi connectivity index (χ1v) is 3.38. The van der Waals surface area contributed by atoms with E-state index in [9.17, 15) is 5.11 Å². The van der Waals surface area contributed by atoms with E-state index in [4.69, 9.17) is 0 Å². The second-order valence-corrected chi connectivity index (χ2v) is 2.52. The smallest absolute Gasteiger partial charge is 0.107 e. The molecule has 52 valence electrons. The summed E-state index contributed by atoms with van der Waals surface area (Å²) in [7, 11) is 0. The van der Waals surface area contributed by atoms with Gasteiger partial charge >= 0.3 is 0 Å². The Bertz CT molecular complexity index is 116. The molecule has 2 nitrogen and oxygen atoms in total. The van der Waals surface area contributed by atoms with Crippen LogP contribution < -0.4 is 5.32 Å². The van der Waals surface area contributed by atoms with E-state index in [1.165, 1.54) is 0 Å². The molecule has 1 heterocycles. The number of aliphatic hydroxyl groups is 1. The lowest BCUT2D eigenvalue weighted by atomic mass is 9.97. The summed E-state index contributed by atoms with van der Waals surface area (Å²) in [6.45, 7) is 3.49. The Balaban J connectivity index is 2.32. The van der Waals surface area contributed by atoms with Crippen molar-refractivity contribution in [3.05, 3.63) is 12.2 Å². The van der Waals surface area contributed by atoms with Crippen molar-refractivity contribution in [2.45, 2.75) is 18.9 Å². The van der Waals surface area contributed by atoms with E-state index in [0.717, 1.165) is 6.42 Å². The molecule has 0 spiro atoms. The van der Waals surface area contributed by atoms with Crippen molar-refractivity contribution in [2.24, 2.45) is 0 Å². The molecule has 0 atom stereocenters. The monoisotopic (exact) mass is 127 g/mol. The van der Waals surface area contributed by atoms with Gasteiger partial charge in [0.2, 0.25) is 0 Å². The molecule has 0 aromatic heterocycles. The zero-order valence-electron chi connectivity index (χ0n) is 5.72. The van der Waals surface area contributed by atoms with Crippen LogP contribution in [0.15, 0.2) is 12.2 Å². The van der Waals surface area contributed by atoms with E-state index in [1.807, 2.05) is 12.2 Å². The highest BCUT2D eigenvalue weighted by Crippen LogP contribution is 2.11. The van der Waals surface area contributed by atoms with E-state index in [0.29, 0.717) is 13.1 Å². The van der Waals surface area contributed by atoms with Crippen molar-refractivity contribution in [1.29, 1.82) is 0 Å². The fourth-order valence-electron chi connectivity index (χ4n) is 0.836. The van der Waals surface area contributed by atoms with Crippen LogP contribution in [-0.4, -0.2) is 23.8 Å². The molecule has 0 unspecified atom stereocenters. The zero-order chi connectivity index (χ0) is 6.74. The molecule has 0 aliphatic carbocycles. The second-order valence-electron chi connectivity index (χ2n) is 2.52. The summed E-state index contributed by atoms with van der Waals surface area (Å²) < 4.78 is 0. The largest absolute Gasteiger partial charge is 0.383 e. The van der Waals surface area contributed by atoms with E-state index < -0.39 is 5.60 Å². The highest BCUT2D eigenvalue weighted by molar-refractivity contribution is 5.08. The summed E-state index contributed by atoms with van der Waals surface area (Å²) in [5.74, 6) is 0. The standard InChI is InChI=1S/C7H13NO/c1-2-3-4-7(9)5-8-6-7/h3-4,8-9H,2,5-6H2,1H3/b4-3+. The van der Waals surface area contributed by atoms with Crippen molar-refractivity contribution in [1.82, 2.24) is 5.32 Å². The van der Waals surface area contributed by atoms with Gasteiger partial charge in [0, 0.05) is 13.1 Å². The fraction of sp³-hybridized carbons (Fsp3) is 0.714. The van der Waals surface area contributed by atoms with Gasteiger partial charge < -0.3 is 10.4 Å². The van der Waals surface area contributed by atoms with E-state index >= 15 is 0 Å². The first-order valence-electron chi connectivity index (χ1n) is 3.38. The zero-order valence-corrected chi connectivity index (χ0v) is 5.72. The third kappa shape index (κ3) is 1.53. The predicted molar refractivity (Wildman–Crippen MR) is 37.3 cm³/mol. The van der Waals surface area contributed by atoms with Gasteiger partial charge in [-0.25, -0.2) is 0 Å². The van der Waals surface area contributed by atoms with Crippen LogP contribution in [0.2, 0.25) is 0 Å². The van der Waals surface area contributed by atoms with Gasteiger partial charge in [-0.05, 0) is 6.42 Å². The molecule has 0 radical (unpaired) electrons. The molecule has 0 bridgehead atoms. The first kappa shape index (κ1) is 6.78. The highest BCUT2D eigenvalue weighted by atomic mass is 16.3. The predicted octanol–water partition coefficient (Wildman–Crippen LogP) is 0.287. The summed E-state index contributed by atoms with van der Waals surface area (Å²) in [6, 6.07) is 0. The van der Waals surface area contributed by atoms with E-state index in [-0.39, 0.29) is 0 Å². The minimum atomic E-state index is -0.518. The van der Waals surface area contributed by atoms with Crippen molar-refractivity contribution in [3.63, 3.8) is 0 Å². The van der Waals surface area contributed by atoms with Crippen LogP contribution in [0.1, 0.15) is 13.3 Å². The SMILES string of the molecule is CC/C=C/C1(O)CNC1. The maximum Gasteiger partial charge on any atom is 0.107 e. The van der Waals surface area contributed by atoms with Crippen LogP contribution in [0.5, 0.6) is 0 Å². The van der Waals surface area contributed by atoms with Gasteiger partial charge in [0.25, 0.3) is 0 Å². The number of allylic oxidation sites excluding steroid dienone is 1. The van der Waals surface area contributed by atoms with Gasteiger partial charge in [-0.1, -0.05) is 19.1 Å². The quantitative estimate of drug-likeness (QED) is 0.522. The Hall–Kier alpha value is -0.340. The highest BCUT2D eigenvalue weighted by Gasteiger charge is 2.30. The molecular formula is C7H13NO. The Morgan fingerprint density at radius 1 is 1.67 bits per heavy atom. The average Bonchev–Trinajstić information content (AvgIpc) is 1.79. The van der Waals surface area contributed by atoms with Crippen LogP contribution in [0.25, 0.3) is 0 Å². The van der Waals surface area contributed by atoms with Crippen LogP contribution in [0, 0.1) is 0 Å². The maximum atomic E-state index is 9.39. The van der Waals surface area contributed by atoms with E-state index in [1.54, 1.807) is 0 Å². The normalized spacial score (nSPS) is 24.2. The molecular weight excluding hydrogens is 114 g/mol. The fourth-order valence-corrected chi connectivity index (χ4v) is 0.836. The topological polar surface area (TPSA) is 32.3 Å². The van der Waals surface area contributed by atoms with Crippen molar-refractivity contribution < 1.29 is 5.11 Å². The lowest BCUT2D eigenvalue weighted by Gasteiger charge is -2.34. The Labute approximate surface area is 55.6 Å². The molecule has 1 fully saturated rings. The van der Waals surface area contributed by atoms with Gasteiger partial charge in [0.05, 0.1) is 0 Å². The third-order valence-electron chi connectivity index (χ3n) is 1.53. The number of hydrogen-bond acceptors (Lipinski definition) is 2. The Kier molecular flexibility index (Phi) is 1.88. The van der Waals surface area contributed by atoms with Crippen LogP contribution in [0.3, 0.4) is 0 Å². The summed E-state index contributed by atoms with van der Waals surface area (Å²) in [4.78, 5) is 0. The Morgan fingerprint density at radius 3 is 2.67 bits per heavy atom. The van der Waals surface area contributed by atoms with Gasteiger partial charge in [-0.2, -0.15) is 0 Å². The third-order valence-corrected chi connectivity index (χ3v) is 1.53. The minimum absolute atomic E-state index is 0.518. The summed E-state index contributed by atoms with van der Waals surface area (Å²) in [5, 5.41) is 12.4. The maximum absolute atomic E-state index is 9.39. The van der Waals surface area contributed by atoms with Crippen molar-refractivity contribution >= 4 is 0 Å². The van der Waals surface area contributed by atoms with Gasteiger partial charge in [0.1, 0.15) is 5.60 Å². The average molecular weight is 127 g/mol. The molecule has 1 saturated heterocycles. The molecule has 2 N–H and O–H groups in total. The van der Waals surface area contributed by atoms with Gasteiger partial charge in [-0.3, -0.25) is 0 Å². The van der Waals surface area contributed by atoms with Gasteiger partial charge in [0.15, 0.2) is 0 Å². The van der Waals surface area contributed by atoms with Crippen LogP contribution >= 0.6 is 0 Å². The number of rotatable bonds is 2. The minimum Gasteiger partial charge on any atom is -0.383 e. The van der Waals surface area contributed by atoms with Crippen molar-refractivity contribution in [3.8, 4) is 0 Å². The lowest BCUT2D eigenvalue weighted by molar-refractivity contribution is 0.0373. The first-order chi connectivity index (χ1) is 4.27. The molecule has 9 heavy (non-hydrogen) atoms.